The predicted octanol–water partition coefficient (Wildman–Crippen LogP) is -5.30. The second kappa shape index (κ2) is 6.27. The van der Waals surface area contributed by atoms with Crippen molar-refractivity contribution in [3.63, 3.8) is 0 Å². The van der Waals surface area contributed by atoms with E-state index in [2.05, 4.69) is 0 Å². The highest BCUT2D eigenvalue weighted by Gasteiger charge is 2.00. The van der Waals surface area contributed by atoms with Gasteiger partial charge in [0.2, 0.25) is 6.54 Å². The fraction of sp³-hybridized carbons (Fsp3) is 0.143. The molecule has 0 aliphatic heterocycles. The highest BCUT2D eigenvalue weighted by molar-refractivity contribution is 5.72. The molecule has 0 unspecified atom stereocenters. The van der Waals surface area contributed by atoms with Gasteiger partial charge < -0.3 is 5.73 Å². The van der Waals surface area contributed by atoms with Gasteiger partial charge in [0.25, 0.3) is 5.91 Å². The zero-order valence-electron chi connectivity index (χ0n) is 7.54. The molecule has 2 N–H and O–H groups in total. The maximum atomic E-state index is 10.4. The number of carbonyl (C=O) groups excluding carboxylic acids is 1. The van der Waals surface area contributed by atoms with E-state index in [1.807, 2.05) is 18.2 Å². The van der Waals surface area contributed by atoms with Crippen molar-refractivity contribution in [1.29, 1.82) is 0 Å². The molecular formula is C7H9ClN2O5. The summed E-state index contributed by atoms with van der Waals surface area (Å²) >= 11 is 0. The summed E-state index contributed by atoms with van der Waals surface area (Å²) in [5.74, 6) is -0.323. The van der Waals surface area contributed by atoms with Gasteiger partial charge in [0.05, 0.1) is 0 Å². The Morgan fingerprint density at radius 2 is 1.53 bits per heavy atom. The van der Waals surface area contributed by atoms with Gasteiger partial charge in [0.15, 0.2) is 12.4 Å². The highest BCUT2D eigenvalue weighted by atomic mass is 35.7. The number of hydrogen-bond acceptors (Lipinski definition) is 5. The molecule has 0 bridgehead atoms. The number of aromatic nitrogens is 1. The molecule has 7 nitrogen and oxygen atoms in total. The Hall–Kier alpha value is -1.25. The van der Waals surface area contributed by atoms with Gasteiger partial charge in [-0.15, -0.1) is 10.2 Å². The molecule has 1 amide bonds. The first kappa shape index (κ1) is 13.8. The summed E-state index contributed by atoms with van der Waals surface area (Å²) in [7, 11) is -4.94. The minimum Gasteiger partial charge on any atom is -0.364 e. The van der Waals surface area contributed by atoms with E-state index >= 15 is 0 Å². The normalized spacial score (nSPS) is 10.1. The number of nitrogens with zero attached hydrogens (tertiary/aromatic N) is 1. The lowest BCUT2D eigenvalue weighted by Gasteiger charge is -2.17. The zero-order valence-corrected chi connectivity index (χ0v) is 8.29. The van der Waals surface area contributed by atoms with Gasteiger partial charge in [-0.1, -0.05) is 6.07 Å². The van der Waals surface area contributed by atoms with Crippen LogP contribution in [0.5, 0.6) is 0 Å². The lowest BCUT2D eigenvalue weighted by Crippen LogP contribution is -2.68. The van der Waals surface area contributed by atoms with E-state index in [4.69, 9.17) is 24.4 Å². The summed E-state index contributed by atoms with van der Waals surface area (Å²) in [6.45, 7) is 0.251. The van der Waals surface area contributed by atoms with Crippen molar-refractivity contribution in [3.05, 3.63) is 30.6 Å². The van der Waals surface area contributed by atoms with E-state index in [1.54, 1.807) is 17.0 Å². The maximum Gasteiger partial charge on any atom is 0.283 e. The Morgan fingerprint density at radius 1 is 1.13 bits per heavy atom. The molecule has 15 heavy (non-hydrogen) atoms. The summed E-state index contributed by atoms with van der Waals surface area (Å²) in [6, 6.07) is 5.59. The van der Waals surface area contributed by atoms with E-state index < -0.39 is 10.2 Å². The van der Waals surface area contributed by atoms with Gasteiger partial charge >= 0.3 is 0 Å². The lowest BCUT2D eigenvalue weighted by molar-refractivity contribution is -2.00. The maximum absolute atomic E-state index is 10.4. The topological polar surface area (TPSA) is 139 Å². The van der Waals surface area contributed by atoms with Crippen LogP contribution in [0.4, 0.5) is 0 Å². The number of carbonyl (C=O) groups is 1. The van der Waals surface area contributed by atoms with Crippen molar-refractivity contribution >= 4 is 5.91 Å². The average Bonchev–Trinajstić information content (AvgIpc) is 2.01. The zero-order chi connectivity index (χ0) is 11.9. The number of rotatable bonds is 2. The standard InChI is InChI=1S/C7H8N2O.ClHO4/c8-7(10)6-9-4-2-1-3-5-9;2-1(3,4)5/h1-5H,6H2,(H-,8,10);(H,2,3,4,5). The van der Waals surface area contributed by atoms with Crippen LogP contribution in [0.25, 0.3) is 0 Å². The fourth-order valence-electron chi connectivity index (χ4n) is 0.720. The summed E-state index contributed by atoms with van der Waals surface area (Å²) in [6.07, 6.45) is 3.59. The van der Waals surface area contributed by atoms with Crippen molar-refractivity contribution < 1.29 is 38.2 Å². The van der Waals surface area contributed by atoms with Crippen molar-refractivity contribution in [3.8, 4) is 0 Å². The Balaban J connectivity index is 0.000000336. The fourth-order valence-corrected chi connectivity index (χ4v) is 0.720. The molecule has 0 atom stereocenters. The number of halogens is 1. The third-order valence-electron chi connectivity index (χ3n) is 1.12. The summed E-state index contributed by atoms with van der Waals surface area (Å²) < 4.78 is 35.7. The molecule has 0 spiro atoms. The first-order chi connectivity index (χ1) is 6.79. The van der Waals surface area contributed by atoms with Crippen LogP contribution < -0.4 is 28.9 Å². The molecule has 1 aromatic heterocycles. The molecule has 0 saturated heterocycles. The van der Waals surface area contributed by atoms with Crippen LogP contribution in [-0.4, -0.2) is 5.91 Å². The van der Waals surface area contributed by atoms with Gasteiger partial charge in [-0.2, -0.15) is 4.57 Å². The van der Waals surface area contributed by atoms with Crippen molar-refractivity contribution in [2.45, 2.75) is 6.54 Å². The van der Waals surface area contributed by atoms with E-state index in [9.17, 15) is 4.79 Å². The monoisotopic (exact) mass is 236 g/mol. The molecule has 8 heteroatoms. The Labute approximate surface area is 87.7 Å². The van der Waals surface area contributed by atoms with Crippen LogP contribution in [0.2, 0.25) is 0 Å². The molecule has 1 heterocycles. The molecule has 1 aromatic rings. The van der Waals surface area contributed by atoms with Gasteiger partial charge in [-0.05, 0) is 0 Å². The average molecular weight is 237 g/mol. The molecule has 0 aliphatic rings. The number of nitrogens with two attached hydrogens (primary N) is 1. The summed E-state index contributed by atoms with van der Waals surface area (Å²) in [5.41, 5.74) is 4.96. The van der Waals surface area contributed by atoms with E-state index in [0.717, 1.165) is 0 Å². The predicted molar refractivity (Wildman–Crippen MR) is 35.8 cm³/mol. The molecular weight excluding hydrogens is 228 g/mol. The molecule has 0 saturated carbocycles. The van der Waals surface area contributed by atoms with Crippen molar-refractivity contribution in [2.24, 2.45) is 5.73 Å². The van der Waals surface area contributed by atoms with Crippen LogP contribution in [0, 0.1) is 10.2 Å². The number of primary amides is 1. The quantitative estimate of drug-likeness (QED) is 0.511. The van der Waals surface area contributed by atoms with Gasteiger partial charge in [-0.3, -0.25) is 4.79 Å². The second-order valence-corrected chi connectivity index (χ2v) is 3.15. The Kier molecular flexibility index (Phi) is 5.75. The second-order valence-electron chi connectivity index (χ2n) is 2.39. The smallest absolute Gasteiger partial charge is 0.283 e. The van der Waals surface area contributed by atoms with Gasteiger partial charge in [-0.25, -0.2) is 18.6 Å². The van der Waals surface area contributed by atoms with Crippen LogP contribution in [0.3, 0.4) is 0 Å². The lowest BCUT2D eigenvalue weighted by atomic mass is 10.5. The largest absolute Gasteiger partial charge is 0.364 e. The number of amides is 1. The number of pyridine rings is 1. The first-order valence-corrected chi connectivity index (χ1v) is 4.86. The SMILES string of the molecule is NC(=O)C[n+]1ccccc1.[O-][Cl+3]([O-])([O-])[O-]. The highest BCUT2D eigenvalue weighted by Crippen LogP contribution is 1.75. The van der Waals surface area contributed by atoms with Crippen LogP contribution >= 0.6 is 0 Å². The van der Waals surface area contributed by atoms with Crippen molar-refractivity contribution in [1.82, 2.24) is 0 Å². The van der Waals surface area contributed by atoms with Crippen LogP contribution in [0.1, 0.15) is 0 Å². The summed E-state index contributed by atoms with van der Waals surface area (Å²) in [5, 5.41) is 0. The van der Waals surface area contributed by atoms with Gasteiger partial charge in [0, 0.05) is 12.1 Å². The van der Waals surface area contributed by atoms with E-state index in [-0.39, 0.29) is 12.5 Å². The molecule has 1 rings (SSSR count). The molecule has 0 fully saturated rings. The minimum absolute atomic E-state index is 0.251. The summed E-state index contributed by atoms with van der Waals surface area (Å²) in [4.78, 5) is 10.4. The first-order valence-electron chi connectivity index (χ1n) is 3.63. The molecule has 84 valence electrons. The molecule has 0 aromatic carbocycles. The number of hydrogen-bond donors (Lipinski definition) is 1. The van der Waals surface area contributed by atoms with Crippen LogP contribution in [0.15, 0.2) is 30.6 Å². The van der Waals surface area contributed by atoms with Crippen LogP contribution in [-0.2, 0) is 11.3 Å². The van der Waals surface area contributed by atoms with Crippen molar-refractivity contribution in [2.75, 3.05) is 0 Å². The minimum atomic E-state index is -4.94. The third-order valence-corrected chi connectivity index (χ3v) is 1.12. The van der Waals surface area contributed by atoms with E-state index in [1.165, 1.54) is 0 Å². The Morgan fingerprint density at radius 3 is 1.87 bits per heavy atom. The van der Waals surface area contributed by atoms with Gasteiger partial charge in [0.1, 0.15) is 0 Å². The molecule has 0 radical (unpaired) electrons. The Bertz CT molecular complexity index is 294. The third kappa shape index (κ3) is 12.8. The molecule has 0 aliphatic carbocycles. The van der Waals surface area contributed by atoms with E-state index in [0.29, 0.717) is 0 Å².